The maximum atomic E-state index is 12.7. The van der Waals surface area contributed by atoms with Gasteiger partial charge in [0.1, 0.15) is 5.37 Å². The van der Waals surface area contributed by atoms with Crippen molar-refractivity contribution in [2.45, 2.75) is 24.5 Å². The summed E-state index contributed by atoms with van der Waals surface area (Å²) in [5, 5.41) is -0.276. The molecule has 0 spiro atoms. The first-order chi connectivity index (χ1) is 11.4. The van der Waals surface area contributed by atoms with Gasteiger partial charge in [0, 0.05) is 31.1 Å². The van der Waals surface area contributed by atoms with Gasteiger partial charge in [-0.3, -0.25) is 9.78 Å². The van der Waals surface area contributed by atoms with Gasteiger partial charge in [0.25, 0.3) is 0 Å². The molecule has 126 valence electrons. The number of nitrogens with zero attached hydrogens (tertiary/aromatic N) is 2. The molecule has 3 nitrogen and oxygen atoms in total. The van der Waals surface area contributed by atoms with Crippen molar-refractivity contribution in [1.29, 1.82) is 0 Å². The molecule has 1 saturated heterocycles. The van der Waals surface area contributed by atoms with Gasteiger partial charge in [0.05, 0.1) is 5.56 Å². The molecule has 24 heavy (non-hydrogen) atoms. The van der Waals surface area contributed by atoms with Crippen LogP contribution in [-0.2, 0) is 17.5 Å². The second-order valence-corrected chi connectivity index (χ2v) is 6.66. The smallest absolute Gasteiger partial charge is 0.322 e. The van der Waals surface area contributed by atoms with Gasteiger partial charge in [-0.05, 0) is 35.4 Å². The molecular weight excluding hydrogens is 337 g/mol. The van der Waals surface area contributed by atoms with Gasteiger partial charge in [-0.25, -0.2) is 0 Å². The Labute approximate surface area is 141 Å². The van der Waals surface area contributed by atoms with E-state index in [2.05, 4.69) is 4.98 Å². The third-order valence-corrected chi connectivity index (χ3v) is 5.10. The number of aromatic nitrogens is 1. The summed E-state index contributed by atoms with van der Waals surface area (Å²) in [5.41, 5.74) is 0.965. The lowest BCUT2D eigenvalue weighted by Crippen LogP contribution is -2.36. The van der Waals surface area contributed by atoms with Gasteiger partial charge in [-0.2, -0.15) is 13.2 Å². The standard InChI is InChI=1S/C17H15F3N2OS/c18-17(19,20)14-3-1-13(2-4-14)16-22(15(23)7-10-24-16)11-12-5-8-21-9-6-12/h1-6,8-9,16H,7,10-11H2. The van der Waals surface area contributed by atoms with Crippen molar-refractivity contribution in [2.75, 3.05) is 5.75 Å². The van der Waals surface area contributed by atoms with E-state index < -0.39 is 11.7 Å². The summed E-state index contributed by atoms with van der Waals surface area (Å²) >= 11 is 1.57. The van der Waals surface area contributed by atoms with Crippen molar-refractivity contribution in [3.8, 4) is 0 Å². The lowest BCUT2D eigenvalue weighted by atomic mass is 10.1. The number of benzene rings is 1. The molecule has 1 atom stereocenters. The lowest BCUT2D eigenvalue weighted by Gasteiger charge is -2.35. The third-order valence-electron chi connectivity index (χ3n) is 3.82. The molecule has 7 heteroatoms. The zero-order valence-corrected chi connectivity index (χ0v) is 13.5. The van der Waals surface area contributed by atoms with E-state index in [0.29, 0.717) is 24.3 Å². The highest BCUT2D eigenvalue weighted by Crippen LogP contribution is 2.39. The number of thioether (sulfide) groups is 1. The molecule has 0 N–H and O–H groups in total. The first kappa shape index (κ1) is 16.8. The maximum absolute atomic E-state index is 12.7. The highest BCUT2D eigenvalue weighted by Gasteiger charge is 2.32. The predicted octanol–water partition coefficient (Wildman–Crippen LogP) is 4.26. The molecular formula is C17H15F3N2OS. The minimum Gasteiger partial charge on any atom is -0.322 e. The van der Waals surface area contributed by atoms with Gasteiger partial charge in [0.2, 0.25) is 5.91 Å². The number of alkyl halides is 3. The van der Waals surface area contributed by atoms with Crippen LogP contribution >= 0.6 is 11.8 Å². The Hall–Kier alpha value is -2.02. The lowest BCUT2D eigenvalue weighted by molar-refractivity contribution is -0.137. The van der Waals surface area contributed by atoms with E-state index in [4.69, 9.17) is 0 Å². The second-order valence-electron chi connectivity index (χ2n) is 5.47. The van der Waals surface area contributed by atoms with E-state index in [1.54, 1.807) is 29.1 Å². The molecule has 1 fully saturated rings. The topological polar surface area (TPSA) is 33.2 Å². The van der Waals surface area contributed by atoms with Crippen LogP contribution in [0.1, 0.15) is 28.5 Å². The zero-order valence-electron chi connectivity index (χ0n) is 12.7. The Morgan fingerprint density at radius 3 is 2.42 bits per heavy atom. The Kier molecular flexibility index (Phi) is 4.80. The van der Waals surface area contributed by atoms with E-state index in [1.807, 2.05) is 12.1 Å². The molecule has 1 amide bonds. The minimum absolute atomic E-state index is 0.00969. The molecule has 2 heterocycles. The average Bonchev–Trinajstić information content (AvgIpc) is 2.57. The van der Waals surface area contributed by atoms with Crippen LogP contribution in [0.15, 0.2) is 48.8 Å². The largest absolute Gasteiger partial charge is 0.416 e. The highest BCUT2D eigenvalue weighted by molar-refractivity contribution is 7.99. The number of carbonyl (C=O) groups excluding carboxylic acids is 1. The van der Waals surface area contributed by atoms with E-state index >= 15 is 0 Å². The Bertz CT molecular complexity index is 704. The molecule has 0 radical (unpaired) electrons. The van der Waals surface area contributed by atoms with Crippen LogP contribution in [0.4, 0.5) is 13.2 Å². The zero-order chi connectivity index (χ0) is 17.2. The number of rotatable bonds is 3. The summed E-state index contributed by atoms with van der Waals surface area (Å²) in [7, 11) is 0. The Morgan fingerprint density at radius 1 is 1.12 bits per heavy atom. The molecule has 2 aromatic rings. The number of hydrogen-bond donors (Lipinski definition) is 0. The molecule has 0 saturated carbocycles. The second kappa shape index (κ2) is 6.84. The highest BCUT2D eigenvalue weighted by atomic mass is 32.2. The fourth-order valence-electron chi connectivity index (χ4n) is 2.59. The molecule has 3 rings (SSSR count). The van der Waals surface area contributed by atoms with E-state index in [0.717, 1.165) is 17.7 Å². The van der Waals surface area contributed by atoms with Crippen molar-refractivity contribution in [3.05, 3.63) is 65.5 Å². The summed E-state index contributed by atoms with van der Waals surface area (Å²) in [6.07, 6.45) is -0.605. The van der Waals surface area contributed by atoms with Crippen LogP contribution in [-0.4, -0.2) is 21.5 Å². The number of carbonyl (C=O) groups is 1. The van der Waals surface area contributed by atoms with Crippen LogP contribution < -0.4 is 0 Å². The summed E-state index contributed by atoms with van der Waals surface area (Å²) in [4.78, 5) is 18.0. The number of amides is 1. The molecule has 0 aliphatic carbocycles. The first-order valence-corrected chi connectivity index (χ1v) is 8.47. The maximum Gasteiger partial charge on any atom is 0.416 e. The van der Waals surface area contributed by atoms with Gasteiger partial charge < -0.3 is 4.90 Å². The van der Waals surface area contributed by atoms with Crippen LogP contribution in [0.5, 0.6) is 0 Å². The van der Waals surface area contributed by atoms with Crippen LogP contribution in [0.3, 0.4) is 0 Å². The summed E-state index contributed by atoms with van der Waals surface area (Å²) in [6, 6.07) is 8.71. The number of pyridine rings is 1. The van der Waals surface area contributed by atoms with Crippen LogP contribution in [0.25, 0.3) is 0 Å². The quantitative estimate of drug-likeness (QED) is 0.827. The van der Waals surface area contributed by atoms with Crippen molar-refractivity contribution in [1.82, 2.24) is 9.88 Å². The van der Waals surface area contributed by atoms with Crippen molar-refractivity contribution in [2.24, 2.45) is 0 Å². The van der Waals surface area contributed by atoms with Crippen LogP contribution in [0.2, 0.25) is 0 Å². The molecule has 0 bridgehead atoms. The normalized spacial score (nSPS) is 18.7. The summed E-state index contributed by atoms with van der Waals surface area (Å²) < 4.78 is 38.1. The Morgan fingerprint density at radius 2 is 1.79 bits per heavy atom. The average molecular weight is 352 g/mol. The summed E-state index contributed by atoms with van der Waals surface area (Å²) in [6.45, 7) is 0.417. The molecule has 1 aliphatic rings. The van der Waals surface area contributed by atoms with Gasteiger partial charge >= 0.3 is 6.18 Å². The Balaban J connectivity index is 1.85. The van der Waals surface area contributed by atoms with E-state index in [1.165, 1.54) is 12.1 Å². The van der Waals surface area contributed by atoms with Crippen LogP contribution in [0, 0.1) is 0 Å². The first-order valence-electron chi connectivity index (χ1n) is 7.42. The van der Waals surface area contributed by atoms with Crippen molar-refractivity contribution >= 4 is 17.7 Å². The molecule has 1 aromatic heterocycles. The fourth-order valence-corrected chi connectivity index (χ4v) is 3.83. The molecule has 1 aromatic carbocycles. The van der Waals surface area contributed by atoms with Gasteiger partial charge in [-0.15, -0.1) is 11.8 Å². The number of hydrogen-bond acceptors (Lipinski definition) is 3. The monoisotopic (exact) mass is 352 g/mol. The minimum atomic E-state index is -4.36. The van der Waals surface area contributed by atoms with Gasteiger partial charge in [0.15, 0.2) is 0 Å². The fraction of sp³-hybridized carbons (Fsp3) is 0.294. The van der Waals surface area contributed by atoms with E-state index in [9.17, 15) is 18.0 Å². The van der Waals surface area contributed by atoms with E-state index in [-0.39, 0.29) is 11.3 Å². The molecule has 1 aliphatic heterocycles. The predicted molar refractivity (Wildman–Crippen MR) is 86.0 cm³/mol. The third kappa shape index (κ3) is 3.72. The van der Waals surface area contributed by atoms with Gasteiger partial charge in [-0.1, -0.05) is 12.1 Å². The van der Waals surface area contributed by atoms with Crippen molar-refractivity contribution < 1.29 is 18.0 Å². The molecule has 1 unspecified atom stereocenters. The summed E-state index contributed by atoms with van der Waals surface area (Å²) in [5.74, 6) is 0.674. The number of halogens is 3. The SMILES string of the molecule is O=C1CCSC(c2ccc(C(F)(F)F)cc2)N1Cc1ccncc1. The van der Waals surface area contributed by atoms with Crippen molar-refractivity contribution in [3.63, 3.8) is 0 Å².